The minimum absolute atomic E-state index is 0.167. The van der Waals surface area contributed by atoms with Crippen LogP contribution in [0.1, 0.15) is 35.7 Å². The molecule has 0 spiro atoms. The fourth-order valence-electron chi connectivity index (χ4n) is 4.01. The summed E-state index contributed by atoms with van der Waals surface area (Å²) in [5.41, 5.74) is 6.92. The first-order chi connectivity index (χ1) is 11.1. The summed E-state index contributed by atoms with van der Waals surface area (Å²) in [4.78, 5) is 17.0. The molecule has 3 rings (SSSR count). The van der Waals surface area contributed by atoms with Gasteiger partial charge < -0.3 is 10.6 Å². The Morgan fingerprint density at radius 1 is 1.39 bits per heavy atom. The second kappa shape index (κ2) is 6.97. The van der Waals surface area contributed by atoms with Crippen molar-refractivity contribution in [1.82, 2.24) is 9.80 Å². The summed E-state index contributed by atoms with van der Waals surface area (Å²) in [7, 11) is 0. The quantitative estimate of drug-likeness (QED) is 0.922. The highest BCUT2D eigenvalue weighted by Gasteiger charge is 2.40. The van der Waals surface area contributed by atoms with E-state index in [4.69, 9.17) is 5.73 Å². The molecule has 0 aliphatic carbocycles. The highest BCUT2D eigenvalue weighted by atomic mass is 19.1. The van der Waals surface area contributed by atoms with Gasteiger partial charge in [0.15, 0.2) is 0 Å². The fraction of sp³-hybridized carbons (Fsp3) is 0.611. The molecule has 2 aliphatic heterocycles. The monoisotopic (exact) mass is 319 g/mol. The van der Waals surface area contributed by atoms with Crippen molar-refractivity contribution in [2.75, 3.05) is 32.7 Å². The lowest BCUT2D eigenvalue weighted by Gasteiger charge is -2.36. The van der Waals surface area contributed by atoms with E-state index in [1.165, 1.54) is 6.07 Å². The minimum Gasteiger partial charge on any atom is -0.337 e. The molecule has 5 heteroatoms. The number of halogens is 1. The van der Waals surface area contributed by atoms with E-state index >= 15 is 0 Å². The molecule has 2 aliphatic rings. The molecule has 1 aromatic carbocycles. The molecule has 2 fully saturated rings. The largest absolute Gasteiger partial charge is 0.337 e. The summed E-state index contributed by atoms with van der Waals surface area (Å²) in [5.74, 6) is -0.0857. The van der Waals surface area contributed by atoms with Crippen molar-refractivity contribution in [3.8, 4) is 0 Å². The fourth-order valence-corrected chi connectivity index (χ4v) is 4.01. The van der Waals surface area contributed by atoms with Gasteiger partial charge in [0.05, 0.1) is 5.56 Å². The van der Waals surface area contributed by atoms with E-state index in [0.29, 0.717) is 25.0 Å². The zero-order chi connectivity index (χ0) is 16.4. The van der Waals surface area contributed by atoms with Crippen molar-refractivity contribution in [1.29, 1.82) is 0 Å². The van der Waals surface area contributed by atoms with Gasteiger partial charge in [0.25, 0.3) is 5.91 Å². The molecule has 0 radical (unpaired) electrons. The molecular weight excluding hydrogens is 293 g/mol. The number of hydrogen-bond acceptors (Lipinski definition) is 3. The van der Waals surface area contributed by atoms with Gasteiger partial charge in [-0.15, -0.1) is 0 Å². The molecule has 0 saturated carbocycles. The van der Waals surface area contributed by atoms with Gasteiger partial charge in [0.1, 0.15) is 5.82 Å². The average Bonchev–Trinajstić information content (AvgIpc) is 3.00. The Morgan fingerprint density at radius 2 is 2.22 bits per heavy atom. The third-order valence-corrected chi connectivity index (χ3v) is 5.27. The van der Waals surface area contributed by atoms with E-state index in [0.717, 1.165) is 44.5 Å². The maximum Gasteiger partial charge on any atom is 0.256 e. The lowest BCUT2D eigenvalue weighted by atomic mass is 9.92. The first kappa shape index (κ1) is 16.4. The number of hydrogen-bond donors (Lipinski definition) is 1. The highest BCUT2D eigenvalue weighted by molar-refractivity contribution is 5.95. The number of aryl methyl sites for hydroxylation is 1. The Labute approximate surface area is 137 Å². The summed E-state index contributed by atoms with van der Waals surface area (Å²) in [6.07, 6.45) is 3.10. The molecule has 23 heavy (non-hydrogen) atoms. The number of carbonyl (C=O) groups is 1. The Kier molecular flexibility index (Phi) is 4.97. The van der Waals surface area contributed by atoms with E-state index in [2.05, 4.69) is 4.90 Å². The standard InChI is InChI=1S/C18H26FN3O/c1-2-13-5-6-16(19)15(10-13)18(23)22-11-14-4-3-8-21(9-7-20)17(14)12-22/h5-6,10,14,17H,2-4,7-9,11-12,20H2,1H3. The van der Waals surface area contributed by atoms with E-state index < -0.39 is 5.82 Å². The predicted octanol–water partition coefficient (Wildman–Crippen LogP) is 1.88. The lowest BCUT2D eigenvalue weighted by molar-refractivity contribution is 0.0772. The van der Waals surface area contributed by atoms with E-state index in [-0.39, 0.29) is 11.5 Å². The van der Waals surface area contributed by atoms with Crippen LogP contribution in [0.25, 0.3) is 0 Å². The number of amides is 1. The molecule has 1 amide bonds. The van der Waals surface area contributed by atoms with Crippen LogP contribution in [0.15, 0.2) is 18.2 Å². The highest BCUT2D eigenvalue weighted by Crippen LogP contribution is 2.31. The summed E-state index contributed by atoms with van der Waals surface area (Å²) >= 11 is 0. The topological polar surface area (TPSA) is 49.6 Å². The van der Waals surface area contributed by atoms with Gasteiger partial charge in [0, 0.05) is 32.2 Å². The Hall–Kier alpha value is -1.46. The number of benzene rings is 1. The Morgan fingerprint density at radius 3 is 2.96 bits per heavy atom. The van der Waals surface area contributed by atoms with Crippen LogP contribution in [-0.2, 0) is 6.42 Å². The van der Waals surface area contributed by atoms with Crippen LogP contribution >= 0.6 is 0 Å². The van der Waals surface area contributed by atoms with Gasteiger partial charge in [-0.2, -0.15) is 0 Å². The van der Waals surface area contributed by atoms with Crippen LogP contribution < -0.4 is 5.73 Å². The van der Waals surface area contributed by atoms with Gasteiger partial charge in [-0.05, 0) is 49.4 Å². The summed E-state index contributed by atoms with van der Waals surface area (Å²) in [6.45, 7) is 6.02. The molecule has 1 aromatic rings. The number of nitrogens with two attached hydrogens (primary N) is 1. The Balaban J connectivity index is 1.77. The third kappa shape index (κ3) is 3.26. The summed E-state index contributed by atoms with van der Waals surface area (Å²) in [5, 5.41) is 0. The maximum atomic E-state index is 14.1. The molecule has 2 unspecified atom stereocenters. The molecule has 0 bridgehead atoms. The van der Waals surface area contributed by atoms with E-state index in [1.807, 2.05) is 11.8 Å². The van der Waals surface area contributed by atoms with Crippen LogP contribution in [0.4, 0.5) is 4.39 Å². The van der Waals surface area contributed by atoms with Gasteiger partial charge in [-0.3, -0.25) is 9.69 Å². The predicted molar refractivity (Wildman–Crippen MR) is 88.8 cm³/mol. The molecule has 126 valence electrons. The zero-order valence-electron chi connectivity index (χ0n) is 13.8. The van der Waals surface area contributed by atoms with Gasteiger partial charge in [0.2, 0.25) is 0 Å². The lowest BCUT2D eigenvalue weighted by Crippen LogP contribution is -2.47. The van der Waals surface area contributed by atoms with Gasteiger partial charge in [-0.1, -0.05) is 13.0 Å². The van der Waals surface area contributed by atoms with Crippen molar-refractivity contribution < 1.29 is 9.18 Å². The molecule has 2 N–H and O–H groups in total. The van der Waals surface area contributed by atoms with Gasteiger partial charge >= 0.3 is 0 Å². The van der Waals surface area contributed by atoms with Crippen molar-refractivity contribution in [3.05, 3.63) is 35.1 Å². The zero-order valence-corrected chi connectivity index (χ0v) is 13.8. The van der Waals surface area contributed by atoms with Crippen LogP contribution in [-0.4, -0.2) is 54.5 Å². The molecule has 2 heterocycles. The second-order valence-electron chi connectivity index (χ2n) is 6.67. The van der Waals surface area contributed by atoms with Crippen molar-refractivity contribution in [3.63, 3.8) is 0 Å². The van der Waals surface area contributed by atoms with Crippen LogP contribution in [0.2, 0.25) is 0 Å². The number of nitrogens with zero attached hydrogens (tertiary/aromatic N) is 2. The summed E-state index contributed by atoms with van der Waals surface area (Å²) < 4.78 is 14.1. The van der Waals surface area contributed by atoms with Gasteiger partial charge in [-0.25, -0.2) is 4.39 Å². The van der Waals surface area contributed by atoms with Crippen LogP contribution in [0.5, 0.6) is 0 Å². The average molecular weight is 319 g/mol. The third-order valence-electron chi connectivity index (χ3n) is 5.27. The number of piperidine rings is 1. The summed E-state index contributed by atoms with van der Waals surface area (Å²) in [6, 6.07) is 5.25. The van der Waals surface area contributed by atoms with Crippen molar-refractivity contribution in [2.24, 2.45) is 11.7 Å². The number of fused-ring (bicyclic) bond motifs is 1. The Bertz CT molecular complexity index is 575. The maximum absolute atomic E-state index is 14.1. The SMILES string of the molecule is CCc1ccc(F)c(C(=O)N2CC3CCCN(CCN)C3C2)c1. The molecule has 0 aromatic heterocycles. The molecule has 4 nitrogen and oxygen atoms in total. The molecular formula is C18H26FN3O. The number of carbonyl (C=O) groups excluding carboxylic acids is 1. The molecule has 2 atom stereocenters. The minimum atomic E-state index is -0.416. The normalized spacial score (nSPS) is 24.7. The van der Waals surface area contributed by atoms with E-state index in [9.17, 15) is 9.18 Å². The van der Waals surface area contributed by atoms with E-state index in [1.54, 1.807) is 12.1 Å². The number of likely N-dealkylation sites (tertiary alicyclic amines) is 2. The first-order valence-corrected chi connectivity index (χ1v) is 8.65. The van der Waals surface area contributed by atoms with Crippen LogP contribution in [0.3, 0.4) is 0 Å². The number of rotatable bonds is 4. The van der Waals surface area contributed by atoms with Crippen molar-refractivity contribution in [2.45, 2.75) is 32.2 Å². The van der Waals surface area contributed by atoms with Crippen LogP contribution in [0, 0.1) is 11.7 Å². The first-order valence-electron chi connectivity index (χ1n) is 8.65. The smallest absolute Gasteiger partial charge is 0.256 e. The van der Waals surface area contributed by atoms with Crippen molar-refractivity contribution >= 4 is 5.91 Å². The molecule has 2 saturated heterocycles. The second-order valence-corrected chi connectivity index (χ2v) is 6.67.